The number of likely N-dealkylation sites (tertiary alicyclic amines) is 1. The van der Waals surface area contributed by atoms with Crippen molar-refractivity contribution in [1.29, 1.82) is 5.26 Å². The highest BCUT2D eigenvalue weighted by Gasteiger charge is 2.40. The first-order valence-corrected chi connectivity index (χ1v) is 8.19. The van der Waals surface area contributed by atoms with Gasteiger partial charge in [-0.3, -0.25) is 9.88 Å². The van der Waals surface area contributed by atoms with Gasteiger partial charge in [-0.25, -0.2) is 4.98 Å². The molecule has 6 heteroatoms. The number of nitriles is 1. The maximum atomic E-state index is 9.05. The second kappa shape index (κ2) is 6.56. The third kappa shape index (κ3) is 2.96. The van der Waals surface area contributed by atoms with Gasteiger partial charge in [0.1, 0.15) is 5.82 Å². The zero-order chi connectivity index (χ0) is 16.4. The quantitative estimate of drug-likeness (QED) is 0.852. The third-order valence-corrected chi connectivity index (χ3v) is 4.68. The Morgan fingerprint density at radius 2 is 2.25 bits per heavy atom. The summed E-state index contributed by atoms with van der Waals surface area (Å²) >= 11 is 0. The van der Waals surface area contributed by atoms with Crippen LogP contribution in [0, 0.1) is 11.3 Å². The van der Waals surface area contributed by atoms with E-state index in [9.17, 15) is 0 Å². The van der Waals surface area contributed by atoms with Crippen LogP contribution >= 0.6 is 0 Å². The number of nitrogens with zero attached hydrogens (tertiary/aromatic N) is 5. The molecule has 0 aliphatic carbocycles. The molecule has 0 unspecified atom stereocenters. The molecule has 2 atom stereocenters. The maximum absolute atomic E-state index is 9.05. The SMILES string of the molecule is N#Cc1cccc(CN2C[C@@H]3OCCN(c4cnccn4)[C@@H]3C2)c1. The van der Waals surface area contributed by atoms with E-state index in [1.54, 1.807) is 12.4 Å². The highest BCUT2D eigenvalue weighted by atomic mass is 16.5. The highest BCUT2D eigenvalue weighted by Crippen LogP contribution is 2.27. The molecule has 2 saturated heterocycles. The van der Waals surface area contributed by atoms with E-state index in [0.717, 1.165) is 38.6 Å². The second-order valence-electron chi connectivity index (χ2n) is 6.24. The van der Waals surface area contributed by atoms with Crippen LogP contribution in [0.2, 0.25) is 0 Å². The summed E-state index contributed by atoms with van der Waals surface area (Å²) in [4.78, 5) is 13.3. The zero-order valence-electron chi connectivity index (χ0n) is 13.4. The maximum Gasteiger partial charge on any atom is 0.147 e. The average Bonchev–Trinajstić information content (AvgIpc) is 3.05. The van der Waals surface area contributed by atoms with Gasteiger partial charge in [0, 0.05) is 38.6 Å². The van der Waals surface area contributed by atoms with E-state index in [2.05, 4.69) is 31.9 Å². The second-order valence-corrected chi connectivity index (χ2v) is 6.24. The van der Waals surface area contributed by atoms with Crippen molar-refractivity contribution in [3.05, 3.63) is 54.0 Å². The molecule has 1 aromatic heterocycles. The van der Waals surface area contributed by atoms with Crippen molar-refractivity contribution in [3.63, 3.8) is 0 Å². The molecule has 24 heavy (non-hydrogen) atoms. The minimum Gasteiger partial charge on any atom is -0.373 e. The Bertz CT molecular complexity index is 745. The lowest BCUT2D eigenvalue weighted by molar-refractivity contribution is 0.0303. The molecular formula is C18H19N5O. The van der Waals surface area contributed by atoms with Crippen molar-refractivity contribution in [2.45, 2.75) is 18.7 Å². The van der Waals surface area contributed by atoms with E-state index < -0.39 is 0 Å². The van der Waals surface area contributed by atoms with Gasteiger partial charge >= 0.3 is 0 Å². The molecule has 0 amide bonds. The molecule has 122 valence electrons. The van der Waals surface area contributed by atoms with Gasteiger partial charge in [0.25, 0.3) is 0 Å². The number of hydrogen-bond acceptors (Lipinski definition) is 6. The Kier molecular flexibility index (Phi) is 4.11. The minimum absolute atomic E-state index is 0.194. The van der Waals surface area contributed by atoms with Crippen LogP contribution in [0.5, 0.6) is 0 Å². The molecule has 2 aliphatic heterocycles. The molecule has 0 N–H and O–H groups in total. The van der Waals surface area contributed by atoms with Gasteiger partial charge in [0.15, 0.2) is 0 Å². The fraction of sp³-hybridized carbons (Fsp3) is 0.389. The molecule has 1 aromatic carbocycles. The predicted molar refractivity (Wildman–Crippen MR) is 89.3 cm³/mol. The van der Waals surface area contributed by atoms with E-state index in [1.165, 1.54) is 5.56 Å². The van der Waals surface area contributed by atoms with Gasteiger partial charge in [0.05, 0.1) is 36.6 Å². The van der Waals surface area contributed by atoms with Crippen molar-refractivity contribution in [3.8, 4) is 6.07 Å². The van der Waals surface area contributed by atoms with E-state index in [0.29, 0.717) is 11.6 Å². The van der Waals surface area contributed by atoms with Crippen LogP contribution in [-0.4, -0.2) is 53.3 Å². The number of ether oxygens (including phenoxy) is 1. The summed E-state index contributed by atoms with van der Waals surface area (Å²) in [6, 6.07) is 10.3. The van der Waals surface area contributed by atoms with Crippen LogP contribution in [-0.2, 0) is 11.3 Å². The van der Waals surface area contributed by atoms with Crippen LogP contribution in [0.25, 0.3) is 0 Å². The van der Waals surface area contributed by atoms with E-state index in [4.69, 9.17) is 10.00 Å². The van der Waals surface area contributed by atoms with Gasteiger partial charge in [-0.05, 0) is 17.7 Å². The van der Waals surface area contributed by atoms with Crippen molar-refractivity contribution in [1.82, 2.24) is 14.9 Å². The van der Waals surface area contributed by atoms with Gasteiger partial charge in [-0.2, -0.15) is 5.26 Å². The number of anilines is 1. The van der Waals surface area contributed by atoms with Crippen LogP contribution in [0.4, 0.5) is 5.82 Å². The van der Waals surface area contributed by atoms with Crippen molar-refractivity contribution in [2.24, 2.45) is 0 Å². The lowest BCUT2D eigenvalue weighted by atomic mass is 10.1. The Labute approximate surface area is 141 Å². The minimum atomic E-state index is 0.194. The standard InChI is InChI=1S/C18H19N5O/c19-9-14-2-1-3-15(8-14)11-22-12-16-17(13-22)24-7-6-23(16)18-10-20-4-5-21-18/h1-5,8,10,16-17H,6-7,11-13H2/t16-,17+/m1/s1. The number of benzene rings is 1. The first-order chi connectivity index (χ1) is 11.8. The van der Waals surface area contributed by atoms with Crippen LogP contribution in [0.3, 0.4) is 0 Å². The fourth-order valence-electron chi connectivity index (χ4n) is 3.61. The van der Waals surface area contributed by atoms with Gasteiger partial charge in [-0.15, -0.1) is 0 Å². The summed E-state index contributed by atoms with van der Waals surface area (Å²) in [5, 5.41) is 9.05. The molecule has 2 aliphatic rings. The summed E-state index contributed by atoms with van der Waals surface area (Å²) in [6.45, 7) is 4.23. The van der Waals surface area contributed by atoms with Gasteiger partial charge in [-0.1, -0.05) is 12.1 Å². The topological polar surface area (TPSA) is 65.3 Å². The van der Waals surface area contributed by atoms with E-state index in [-0.39, 0.29) is 6.10 Å². The Morgan fingerprint density at radius 3 is 3.08 bits per heavy atom. The fourth-order valence-corrected chi connectivity index (χ4v) is 3.61. The molecular weight excluding hydrogens is 302 g/mol. The lowest BCUT2D eigenvalue weighted by Gasteiger charge is -2.37. The molecule has 3 heterocycles. The van der Waals surface area contributed by atoms with Crippen molar-refractivity contribution < 1.29 is 4.74 Å². The molecule has 2 fully saturated rings. The molecule has 0 bridgehead atoms. The lowest BCUT2D eigenvalue weighted by Crippen LogP contribution is -2.51. The Balaban J connectivity index is 1.48. The summed E-state index contributed by atoms with van der Waals surface area (Å²) < 4.78 is 5.98. The highest BCUT2D eigenvalue weighted by molar-refractivity contribution is 5.39. The largest absolute Gasteiger partial charge is 0.373 e. The summed E-state index contributed by atoms with van der Waals surface area (Å²) in [7, 11) is 0. The first kappa shape index (κ1) is 15.1. The van der Waals surface area contributed by atoms with Crippen molar-refractivity contribution in [2.75, 3.05) is 31.1 Å². The summed E-state index contributed by atoms with van der Waals surface area (Å²) in [5.41, 5.74) is 1.88. The molecule has 4 rings (SSSR count). The molecule has 0 radical (unpaired) electrons. The zero-order valence-corrected chi connectivity index (χ0v) is 13.4. The van der Waals surface area contributed by atoms with Crippen molar-refractivity contribution >= 4 is 5.82 Å². The number of hydrogen-bond donors (Lipinski definition) is 0. The monoisotopic (exact) mass is 321 g/mol. The van der Waals surface area contributed by atoms with Crippen LogP contribution in [0.1, 0.15) is 11.1 Å². The molecule has 0 spiro atoms. The predicted octanol–water partition coefficient (Wildman–Crippen LogP) is 1.44. The molecule has 6 nitrogen and oxygen atoms in total. The Hall–Kier alpha value is -2.49. The third-order valence-electron chi connectivity index (χ3n) is 4.68. The van der Waals surface area contributed by atoms with Crippen LogP contribution in [0.15, 0.2) is 42.9 Å². The average molecular weight is 321 g/mol. The van der Waals surface area contributed by atoms with E-state index in [1.807, 2.05) is 24.4 Å². The first-order valence-electron chi connectivity index (χ1n) is 8.19. The molecule has 0 saturated carbocycles. The normalized spacial score (nSPS) is 23.7. The summed E-state index contributed by atoms with van der Waals surface area (Å²) in [5.74, 6) is 0.920. The van der Waals surface area contributed by atoms with Gasteiger partial charge in [0.2, 0.25) is 0 Å². The summed E-state index contributed by atoms with van der Waals surface area (Å²) in [6.07, 6.45) is 5.45. The van der Waals surface area contributed by atoms with E-state index >= 15 is 0 Å². The van der Waals surface area contributed by atoms with Crippen LogP contribution < -0.4 is 4.90 Å². The smallest absolute Gasteiger partial charge is 0.147 e. The molecule has 2 aromatic rings. The van der Waals surface area contributed by atoms with Gasteiger partial charge < -0.3 is 9.64 Å². The number of morpholine rings is 1. The number of fused-ring (bicyclic) bond motifs is 1. The number of aromatic nitrogens is 2. The Morgan fingerprint density at radius 1 is 1.29 bits per heavy atom. The number of rotatable bonds is 3.